The summed E-state index contributed by atoms with van der Waals surface area (Å²) in [5.74, 6) is -0.600. The molecule has 18 heavy (non-hydrogen) atoms. The Balaban J connectivity index is 2.50. The van der Waals surface area contributed by atoms with Gasteiger partial charge in [0.05, 0.1) is 5.54 Å². The fourth-order valence-corrected chi connectivity index (χ4v) is 1.95. The summed E-state index contributed by atoms with van der Waals surface area (Å²) in [6.07, 6.45) is 0. The van der Waals surface area contributed by atoms with E-state index in [9.17, 15) is 8.78 Å². The van der Waals surface area contributed by atoms with Crippen molar-refractivity contribution in [1.82, 2.24) is 0 Å². The Hall–Kier alpha value is -1.74. The average molecular weight is 247 g/mol. The predicted octanol–water partition coefficient (Wildman–Crippen LogP) is 3.50. The van der Waals surface area contributed by atoms with Gasteiger partial charge in [0.1, 0.15) is 11.6 Å². The van der Waals surface area contributed by atoms with E-state index in [2.05, 4.69) is 0 Å². The van der Waals surface area contributed by atoms with Gasteiger partial charge >= 0.3 is 0 Å². The second-order valence-electron chi connectivity index (χ2n) is 4.68. The highest BCUT2D eigenvalue weighted by molar-refractivity contribution is 5.39. The molecular formula is C15H15F2N. The first-order valence-corrected chi connectivity index (χ1v) is 5.73. The molecule has 0 spiro atoms. The first-order valence-electron chi connectivity index (χ1n) is 5.73. The highest BCUT2D eigenvalue weighted by Gasteiger charge is 2.24. The molecule has 0 aliphatic heterocycles. The van der Waals surface area contributed by atoms with Crippen molar-refractivity contribution in [2.75, 3.05) is 0 Å². The maximum Gasteiger partial charge on any atom is 0.126 e. The molecule has 94 valence electrons. The monoisotopic (exact) mass is 247 g/mol. The van der Waals surface area contributed by atoms with Crippen molar-refractivity contribution < 1.29 is 8.78 Å². The molecule has 0 aliphatic rings. The summed E-state index contributed by atoms with van der Waals surface area (Å²) < 4.78 is 26.5. The zero-order chi connectivity index (χ0) is 13.3. The van der Waals surface area contributed by atoms with Crippen LogP contribution in [0.2, 0.25) is 0 Å². The molecule has 2 aromatic carbocycles. The normalized spacial score (nSPS) is 14.3. The van der Waals surface area contributed by atoms with Crippen LogP contribution in [0, 0.1) is 18.6 Å². The van der Waals surface area contributed by atoms with Gasteiger partial charge in [-0.1, -0.05) is 24.3 Å². The molecule has 1 nitrogen and oxygen atoms in total. The average Bonchev–Trinajstić information content (AvgIpc) is 2.32. The Labute approximate surface area is 105 Å². The molecule has 2 rings (SSSR count). The lowest BCUT2D eigenvalue weighted by molar-refractivity contribution is 0.575. The molecule has 0 bridgehead atoms. The predicted molar refractivity (Wildman–Crippen MR) is 68.2 cm³/mol. The number of benzene rings is 2. The van der Waals surface area contributed by atoms with E-state index in [4.69, 9.17) is 5.73 Å². The van der Waals surface area contributed by atoms with Gasteiger partial charge in [0.15, 0.2) is 0 Å². The second kappa shape index (κ2) is 4.50. The van der Waals surface area contributed by atoms with Crippen LogP contribution in [-0.2, 0) is 5.54 Å². The summed E-state index contributed by atoms with van der Waals surface area (Å²) in [5.41, 5.74) is 7.36. The minimum Gasteiger partial charge on any atom is -0.318 e. The fourth-order valence-electron chi connectivity index (χ4n) is 1.95. The van der Waals surface area contributed by atoms with Gasteiger partial charge in [-0.25, -0.2) is 8.78 Å². The van der Waals surface area contributed by atoms with Crippen LogP contribution in [0.25, 0.3) is 0 Å². The summed E-state index contributed by atoms with van der Waals surface area (Å²) in [6.45, 7) is 3.47. The van der Waals surface area contributed by atoms with Crippen LogP contribution in [0.3, 0.4) is 0 Å². The van der Waals surface area contributed by atoms with Crippen LogP contribution in [0.1, 0.15) is 23.6 Å². The highest BCUT2D eigenvalue weighted by Crippen LogP contribution is 2.28. The molecule has 2 aromatic rings. The minimum atomic E-state index is -0.847. The van der Waals surface area contributed by atoms with E-state index in [1.165, 1.54) is 18.2 Å². The number of halogens is 2. The minimum absolute atomic E-state index is 0.270. The lowest BCUT2D eigenvalue weighted by Crippen LogP contribution is -2.34. The summed E-state index contributed by atoms with van der Waals surface area (Å²) in [6, 6.07) is 10.9. The first kappa shape index (κ1) is 12.7. The van der Waals surface area contributed by atoms with Crippen LogP contribution in [0.4, 0.5) is 8.78 Å². The molecule has 3 heteroatoms. The standard InChI is InChI=1S/C15H15F2N/c1-10-8-12(6-7-14(10)17)15(2,18)11-4-3-5-13(16)9-11/h3-9H,18H2,1-2H3. The van der Waals surface area contributed by atoms with Crippen molar-refractivity contribution in [3.05, 3.63) is 70.8 Å². The van der Waals surface area contributed by atoms with Crippen molar-refractivity contribution in [2.45, 2.75) is 19.4 Å². The molecule has 0 saturated heterocycles. The van der Waals surface area contributed by atoms with Gasteiger partial charge in [0.25, 0.3) is 0 Å². The molecule has 1 unspecified atom stereocenters. The van der Waals surface area contributed by atoms with E-state index < -0.39 is 5.54 Å². The van der Waals surface area contributed by atoms with Crippen molar-refractivity contribution >= 4 is 0 Å². The Morgan fingerprint density at radius 2 is 1.67 bits per heavy atom. The molecule has 2 N–H and O–H groups in total. The second-order valence-corrected chi connectivity index (χ2v) is 4.68. The van der Waals surface area contributed by atoms with Gasteiger partial charge in [-0.05, 0) is 48.7 Å². The molecule has 0 radical (unpaired) electrons. The van der Waals surface area contributed by atoms with Crippen molar-refractivity contribution in [3.8, 4) is 0 Å². The van der Waals surface area contributed by atoms with Gasteiger partial charge in [-0.2, -0.15) is 0 Å². The van der Waals surface area contributed by atoms with Gasteiger partial charge in [-0.15, -0.1) is 0 Å². The van der Waals surface area contributed by atoms with Gasteiger partial charge in [0.2, 0.25) is 0 Å². The Morgan fingerprint density at radius 1 is 1.00 bits per heavy atom. The van der Waals surface area contributed by atoms with Gasteiger partial charge in [-0.3, -0.25) is 0 Å². The zero-order valence-electron chi connectivity index (χ0n) is 10.4. The fraction of sp³-hybridized carbons (Fsp3) is 0.200. The van der Waals surface area contributed by atoms with Crippen molar-refractivity contribution in [3.63, 3.8) is 0 Å². The van der Waals surface area contributed by atoms with Gasteiger partial charge in [0, 0.05) is 0 Å². The van der Waals surface area contributed by atoms with E-state index >= 15 is 0 Å². The summed E-state index contributed by atoms with van der Waals surface area (Å²) in [5, 5.41) is 0. The smallest absolute Gasteiger partial charge is 0.126 e. The summed E-state index contributed by atoms with van der Waals surface area (Å²) in [7, 11) is 0. The lowest BCUT2D eigenvalue weighted by atomic mass is 9.85. The third kappa shape index (κ3) is 2.27. The third-order valence-electron chi connectivity index (χ3n) is 3.18. The molecule has 0 aliphatic carbocycles. The number of aryl methyl sites for hydroxylation is 1. The van der Waals surface area contributed by atoms with Crippen LogP contribution < -0.4 is 5.73 Å². The molecule has 1 atom stereocenters. The van der Waals surface area contributed by atoms with Crippen LogP contribution in [0.5, 0.6) is 0 Å². The van der Waals surface area contributed by atoms with Crippen LogP contribution in [-0.4, -0.2) is 0 Å². The molecule has 0 aromatic heterocycles. The van der Waals surface area contributed by atoms with Gasteiger partial charge < -0.3 is 5.73 Å². The van der Waals surface area contributed by atoms with E-state index in [0.29, 0.717) is 11.1 Å². The molecular weight excluding hydrogens is 232 g/mol. The topological polar surface area (TPSA) is 26.0 Å². The maximum absolute atomic E-state index is 13.3. The van der Waals surface area contributed by atoms with E-state index in [-0.39, 0.29) is 11.6 Å². The summed E-state index contributed by atoms with van der Waals surface area (Å²) >= 11 is 0. The zero-order valence-corrected chi connectivity index (χ0v) is 10.4. The van der Waals surface area contributed by atoms with Crippen LogP contribution >= 0.6 is 0 Å². The largest absolute Gasteiger partial charge is 0.318 e. The van der Waals surface area contributed by atoms with Crippen molar-refractivity contribution in [2.24, 2.45) is 5.73 Å². The van der Waals surface area contributed by atoms with Crippen LogP contribution in [0.15, 0.2) is 42.5 Å². The Bertz CT molecular complexity index is 576. The summed E-state index contributed by atoms with van der Waals surface area (Å²) in [4.78, 5) is 0. The van der Waals surface area contributed by atoms with E-state index in [1.54, 1.807) is 38.1 Å². The van der Waals surface area contributed by atoms with Crippen molar-refractivity contribution in [1.29, 1.82) is 0 Å². The van der Waals surface area contributed by atoms with E-state index in [1.807, 2.05) is 0 Å². The molecule has 0 amide bonds. The maximum atomic E-state index is 13.3. The molecule has 0 fully saturated rings. The SMILES string of the molecule is Cc1cc(C(C)(N)c2cccc(F)c2)ccc1F. The Morgan fingerprint density at radius 3 is 2.28 bits per heavy atom. The number of nitrogens with two attached hydrogens (primary N) is 1. The Kier molecular flexibility index (Phi) is 3.18. The van der Waals surface area contributed by atoms with E-state index in [0.717, 1.165) is 5.56 Å². The number of rotatable bonds is 2. The molecule has 0 saturated carbocycles. The lowest BCUT2D eigenvalue weighted by Gasteiger charge is -2.26. The third-order valence-corrected chi connectivity index (χ3v) is 3.18. The highest BCUT2D eigenvalue weighted by atomic mass is 19.1. The first-order chi connectivity index (χ1) is 8.41. The number of hydrogen-bond donors (Lipinski definition) is 1. The number of hydrogen-bond acceptors (Lipinski definition) is 1. The molecule has 0 heterocycles. The quantitative estimate of drug-likeness (QED) is 0.863.